The number of carbonyl (C=O) groups is 1. The highest BCUT2D eigenvalue weighted by atomic mass is 16.6. The number of hydrogen-bond donors (Lipinski definition) is 1. The summed E-state index contributed by atoms with van der Waals surface area (Å²) in [5.74, 6) is 0.00178. The number of fused-ring (bicyclic) bond motifs is 8. The number of epoxide rings is 1. The second kappa shape index (κ2) is 10.2. The average molecular weight is 647 g/mol. The third kappa shape index (κ3) is 3.63. The summed E-state index contributed by atoms with van der Waals surface area (Å²) in [6.45, 7) is 7.75. The molecular weight excluding hydrogens is 596 g/mol. The first-order valence-corrected chi connectivity index (χ1v) is 18.6. The summed E-state index contributed by atoms with van der Waals surface area (Å²) in [4.78, 5) is 25.6. The number of nitrogens with zero attached hydrogens (tertiary/aromatic N) is 3. The molecular formula is C41H50N4O3. The molecule has 5 aliphatic heterocycles. The van der Waals surface area contributed by atoms with Gasteiger partial charge in [-0.3, -0.25) is 14.6 Å². The molecule has 7 heteroatoms. The number of benzene rings is 2. The number of carbonyl (C=O) groups excluding carboxylic acids is 1. The van der Waals surface area contributed by atoms with Crippen molar-refractivity contribution >= 4 is 22.6 Å². The third-order valence-electron chi connectivity index (χ3n) is 14.9. The van der Waals surface area contributed by atoms with E-state index in [1.165, 1.54) is 71.2 Å². The Hall–Kier alpha value is -3.13. The minimum absolute atomic E-state index is 0.0719. The van der Waals surface area contributed by atoms with Crippen molar-refractivity contribution in [2.45, 2.75) is 94.0 Å². The Bertz CT molecular complexity index is 1860. The molecule has 7 nitrogen and oxygen atoms in total. The number of H-pyrrole nitrogens is 1. The van der Waals surface area contributed by atoms with Crippen LogP contribution in [0.1, 0.15) is 74.3 Å². The molecule has 1 saturated carbocycles. The lowest BCUT2D eigenvalue weighted by Crippen LogP contribution is -2.66. The van der Waals surface area contributed by atoms with Gasteiger partial charge >= 0.3 is 5.97 Å². The standard InChI is InChI=1S/C41H50N4O3/c1-6-23-21-43(3)32-20-28-25-10-8-9-11-30(25)42-36(28)27(19-26(23)35(32)38(46)47-5)24-12-13-31-29(18-24)41-16-17-45-22-33-37(48-33)40(7-2,39(41)45)15-14-34(41)44(31)4/h6,8-13,18,26-27,32-35,37,39,42H,7,14-17,19-22H2,1-5H3/b23-6-/t26-,27-,32-,33+,34-,35-,37+,39-,40+,41-/m0/s1. The molecule has 3 aromatic rings. The number of piperidine rings is 2. The van der Waals surface area contributed by atoms with Crippen LogP contribution in [-0.2, 0) is 26.1 Å². The summed E-state index contributed by atoms with van der Waals surface area (Å²) in [5.41, 5.74) is 10.0. The SMILES string of the molecule is C/C=C1/CN(C)[C@H]2Cc3c([nH]c4ccccc34)[C@H](c3ccc4c(c3)[C@@]35CCN6C[C@H]7O[C@H]7[C@@](CC)(CC[C@@H]3N4C)[C@H]65)C[C@@H]1[C@@H]2C(=O)OC. The number of para-hydroxylation sites is 1. The van der Waals surface area contributed by atoms with Crippen LogP contribution in [0.5, 0.6) is 0 Å². The number of allylic oxidation sites excluding steroid dienone is 1. The number of aromatic amines is 1. The fourth-order valence-corrected chi connectivity index (χ4v) is 12.9. The van der Waals surface area contributed by atoms with Crippen LogP contribution in [0.3, 0.4) is 0 Å². The van der Waals surface area contributed by atoms with Crippen LogP contribution in [0.15, 0.2) is 54.1 Å². The number of nitrogens with one attached hydrogen (secondary N) is 1. The van der Waals surface area contributed by atoms with Gasteiger partial charge < -0.3 is 19.4 Å². The van der Waals surface area contributed by atoms with Crippen LogP contribution in [0.25, 0.3) is 10.9 Å². The molecule has 0 amide bonds. The highest BCUT2D eigenvalue weighted by Crippen LogP contribution is 2.68. The van der Waals surface area contributed by atoms with Gasteiger partial charge in [0.2, 0.25) is 0 Å². The van der Waals surface area contributed by atoms with Crippen molar-refractivity contribution in [3.05, 3.63) is 76.5 Å². The van der Waals surface area contributed by atoms with Crippen molar-refractivity contribution in [1.82, 2.24) is 14.8 Å². The van der Waals surface area contributed by atoms with Gasteiger partial charge in [-0.1, -0.05) is 48.9 Å². The van der Waals surface area contributed by atoms with Gasteiger partial charge in [0.05, 0.1) is 25.2 Å². The van der Waals surface area contributed by atoms with Crippen molar-refractivity contribution in [3.63, 3.8) is 0 Å². The molecule has 1 spiro atoms. The average Bonchev–Trinajstić information content (AvgIpc) is 3.58. The summed E-state index contributed by atoms with van der Waals surface area (Å²) in [6.07, 6.45) is 9.80. The van der Waals surface area contributed by atoms with Crippen LogP contribution in [0.2, 0.25) is 0 Å². The number of likely N-dealkylation sites (tertiary alicyclic amines) is 1. The zero-order chi connectivity index (χ0) is 32.7. The maximum Gasteiger partial charge on any atom is 0.310 e. The number of hydrogen-bond acceptors (Lipinski definition) is 6. The Kier molecular flexibility index (Phi) is 6.33. The third-order valence-corrected chi connectivity index (χ3v) is 14.9. The summed E-state index contributed by atoms with van der Waals surface area (Å²) in [7, 11) is 6.12. The van der Waals surface area contributed by atoms with E-state index in [1.807, 2.05) is 0 Å². The lowest BCUT2D eigenvalue weighted by Gasteiger charge is -2.57. The van der Waals surface area contributed by atoms with Gasteiger partial charge in [-0.05, 0) is 93.8 Å². The minimum atomic E-state index is -0.201. The molecule has 5 fully saturated rings. The first-order valence-electron chi connectivity index (χ1n) is 18.6. The van der Waals surface area contributed by atoms with E-state index in [9.17, 15) is 4.79 Å². The molecule has 0 radical (unpaired) electrons. The van der Waals surface area contributed by atoms with E-state index in [1.54, 1.807) is 12.7 Å². The molecule has 6 heterocycles. The van der Waals surface area contributed by atoms with Crippen molar-refractivity contribution in [3.8, 4) is 0 Å². The van der Waals surface area contributed by atoms with Crippen LogP contribution in [0.4, 0.5) is 5.69 Å². The lowest BCUT2D eigenvalue weighted by molar-refractivity contribution is -0.151. The predicted octanol–water partition coefficient (Wildman–Crippen LogP) is 6.01. The fourth-order valence-electron chi connectivity index (χ4n) is 12.9. The number of rotatable bonds is 3. The highest BCUT2D eigenvalue weighted by Gasteiger charge is 2.74. The highest BCUT2D eigenvalue weighted by molar-refractivity contribution is 5.86. The maximum absolute atomic E-state index is 13.8. The first-order chi connectivity index (χ1) is 23.3. The molecule has 7 aliphatic rings. The quantitative estimate of drug-likeness (QED) is 0.214. The zero-order valence-electron chi connectivity index (χ0n) is 29.2. The molecule has 252 valence electrons. The van der Waals surface area contributed by atoms with Crippen LogP contribution in [0, 0.1) is 17.3 Å². The summed E-state index contributed by atoms with van der Waals surface area (Å²) < 4.78 is 12.1. The van der Waals surface area contributed by atoms with Crippen molar-refractivity contribution in [2.24, 2.45) is 17.3 Å². The minimum Gasteiger partial charge on any atom is -0.469 e. The molecule has 1 N–H and O–H groups in total. The van der Waals surface area contributed by atoms with E-state index >= 15 is 0 Å². The van der Waals surface area contributed by atoms with Crippen LogP contribution >= 0.6 is 0 Å². The number of aromatic nitrogens is 1. The summed E-state index contributed by atoms with van der Waals surface area (Å²) in [6, 6.07) is 17.5. The number of esters is 1. The molecule has 48 heavy (non-hydrogen) atoms. The Morgan fingerprint density at radius 1 is 1.17 bits per heavy atom. The Labute approximate surface area is 284 Å². The maximum atomic E-state index is 13.8. The lowest BCUT2D eigenvalue weighted by atomic mass is 9.52. The monoisotopic (exact) mass is 646 g/mol. The molecule has 0 unspecified atom stereocenters. The molecule has 2 aliphatic carbocycles. The Morgan fingerprint density at radius 3 is 2.83 bits per heavy atom. The van der Waals surface area contributed by atoms with E-state index in [-0.39, 0.29) is 40.6 Å². The van der Waals surface area contributed by atoms with Gasteiger partial charge in [0.1, 0.15) is 0 Å². The van der Waals surface area contributed by atoms with Gasteiger partial charge in [-0.15, -0.1) is 0 Å². The van der Waals surface area contributed by atoms with E-state index in [0.717, 1.165) is 25.9 Å². The van der Waals surface area contributed by atoms with Gasteiger partial charge in [0.25, 0.3) is 0 Å². The van der Waals surface area contributed by atoms with Gasteiger partial charge in [-0.2, -0.15) is 0 Å². The summed E-state index contributed by atoms with van der Waals surface area (Å²) >= 11 is 0. The molecule has 10 rings (SSSR count). The fraction of sp³-hybridized carbons (Fsp3) is 0.585. The van der Waals surface area contributed by atoms with E-state index in [2.05, 4.69) is 96.2 Å². The van der Waals surface area contributed by atoms with Crippen LogP contribution < -0.4 is 4.90 Å². The molecule has 4 saturated heterocycles. The van der Waals surface area contributed by atoms with Crippen molar-refractivity contribution < 1.29 is 14.3 Å². The van der Waals surface area contributed by atoms with E-state index < -0.39 is 0 Å². The normalized spacial score (nSPS) is 40.4. The largest absolute Gasteiger partial charge is 0.469 e. The number of anilines is 1. The van der Waals surface area contributed by atoms with E-state index in [4.69, 9.17) is 9.47 Å². The first kappa shape index (κ1) is 29.8. The molecule has 2 aromatic carbocycles. The van der Waals surface area contributed by atoms with E-state index in [0.29, 0.717) is 24.3 Å². The van der Waals surface area contributed by atoms with Crippen LogP contribution in [-0.4, -0.2) is 91.9 Å². The van der Waals surface area contributed by atoms with Gasteiger partial charge in [0, 0.05) is 77.3 Å². The second-order valence-electron chi connectivity index (χ2n) is 16.4. The molecule has 2 bridgehead atoms. The van der Waals surface area contributed by atoms with Gasteiger partial charge in [0.15, 0.2) is 0 Å². The van der Waals surface area contributed by atoms with Crippen molar-refractivity contribution in [2.75, 3.05) is 45.7 Å². The Morgan fingerprint density at radius 2 is 2.02 bits per heavy atom. The molecule has 1 aromatic heterocycles. The number of ether oxygens (including phenoxy) is 2. The predicted molar refractivity (Wildman–Crippen MR) is 189 cm³/mol. The van der Waals surface area contributed by atoms with Gasteiger partial charge in [-0.25, -0.2) is 0 Å². The zero-order valence-corrected chi connectivity index (χ0v) is 29.2. The number of methoxy groups -OCH3 is 1. The van der Waals surface area contributed by atoms with Crippen molar-refractivity contribution in [1.29, 1.82) is 0 Å². The molecule has 10 atom stereocenters. The Balaban J connectivity index is 1.16. The number of likely N-dealkylation sites (N-methyl/N-ethyl adjacent to an activating group) is 2. The second-order valence-corrected chi connectivity index (χ2v) is 16.4. The smallest absolute Gasteiger partial charge is 0.310 e. The topological polar surface area (TPSA) is 64.3 Å². The summed E-state index contributed by atoms with van der Waals surface area (Å²) in [5, 5.41) is 1.29.